The van der Waals surface area contributed by atoms with Crippen LogP contribution in [0, 0.1) is 0 Å². The van der Waals surface area contributed by atoms with Crippen LogP contribution in [0.5, 0.6) is 0 Å². The predicted octanol–water partition coefficient (Wildman–Crippen LogP) is 0.342. The molecule has 0 aromatic heterocycles. The van der Waals surface area contributed by atoms with E-state index in [2.05, 4.69) is 17.1 Å². The van der Waals surface area contributed by atoms with Gasteiger partial charge < -0.3 is 15.8 Å². The van der Waals surface area contributed by atoms with Crippen molar-refractivity contribution in [3.63, 3.8) is 0 Å². The Balaban J connectivity index is 1.97. The molecule has 1 rings (SSSR count). The Morgan fingerprint density at radius 1 is 1.39 bits per heavy atom. The maximum atomic E-state index is 11.6. The van der Waals surface area contributed by atoms with Crippen molar-refractivity contribution < 1.29 is 9.53 Å². The molecule has 0 aromatic rings. The summed E-state index contributed by atoms with van der Waals surface area (Å²) in [4.78, 5) is 13.8. The normalized spacial score (nSPS) is 17.9. The average molecular weight is 257 g/mol. The van der Waals surface area contributed by atoms with Crippen LogP contribution in [0.15, 0.2) is 0 Å². The van der Waals surface area contributed by atoms with Gasteiger partial charge in [0.25, 0.3) is 0 Å². The summed E-state index contributed by atoms with van der Waals surface area (Å²) >= 11 is 0. The quantitative estimate of drug-likeness (QED) is 0.615. The van der Waals surface area contributed by atoms with E-state index in [-0.39, 0.29) is 5.91 Å². The van der Waals surface area contributed by atoms with Gasteiger partial charge in [-0.25, -0.2) is 0 Å². The molecular weight excluding hydrogens is 230 g/mol. The van der Waals surface area contributed by atoms with E-state index < -0.39 is 0 Å². The van der Waals surface area contributed by atoms with Crippen LogP contribution >= 0.6 is 0 Å². The first kappa shape index (κ1) is 15.4. The zero-order chi connectivity index (χ0) is 13.2. The van der Waals surface area contributed by atoms with Gasteiger partial charge in [0.2, 0.25) is 5.91 Å². The fourth-order valence-corrected chi connectivity index (χ4v) is 1.98. The number of unbranched alkanes of at least 4 members (excludes halogenated alkanes) is 1. The molecule has 0 aliphatic carbocycles. The summed E-state index contributed by atoms with van der Waals surface area (Å²) < 4.78 is 5.38. The van der Waals surface area contributed by atoms with E-state index in [4.69, 9.17) is 10.5 Å². The van der Waals surface area contributed by atoms with Gasteiger partial charge in [0.15, 0.2) is 0 Å². The number of amides is 1. The zero-order valence-corrected chi connectivity index (χ0v) is 11.5. The summed E-state index contributed by atoms with van der Waals surface area (Å²) in [5.41, 5.74) is 5.82. The number of piperidine rings is 1. The highest BCUT2D eigenvalue weighted by atomic mass is 16.5. The smallest absolute Gasteiger partial charge is 0.234 e. The van der Waals surface area contributed by atoms with Crippen LogP contribution in [0.25, 0.3) is 0 Å². The van der Waals surface area contributed by atoms with Crippen molar-refractivity contribution in [3.05, 3.63) is 0 Å². The molecule has 1 aliphatic heterocycles. The lowest BCUT2D eigenvalue weighted by atomic mass is 10.1. The molecule has 0 spiro atoms. The van der Waals surface area contributed by atoms with Crippen LogP contribution in [0.1, 0.15) is 32.6 Å². The van der Waals surface area contributed by atoms with Crippen molar-refractivity contribution in [1.82, 2.24) is 10.2 Å². The second-order valence-corrected chi connectivity index (χ2v) is 4.93. The maximum Gasteiger partial charge on any atom is 0.234 e. The van der Waals surface area contributed by atoms with Crippen LogP contribution < -0.4 is 11.1 Å². The second-order valence-electron chi connectivity index (χ2n) is 4.93. The van der Waals surface area contributed by atoms with Crippen molar-refractivity contribution in [2.24, 2.45) is 5.73 Å². The van der Waals surface area contributed by atoms with Crippen LogP contribution in [0.2, 0.25) is 0 Å². The van der Waals surface area contributed by atoms with Gasteiger partial charge in [0.1, 0.15) is 0 Å². The Kier molecular flexibility index (Phi) is 7.96. The molecular formula is C13H27N3O2. The molecule has 1 saturated heterocycles. The number of carbonyl (C=O) groups is 1. The molecule has 106 valence electrons. The third-order valence-corrected chi connectivity index (χ3v) is 3.21. The lowest BCUT2D eigenvalue weighted by molar-refractivity contribution is -0.122. The Morgan fingerprint density at radius 2 is 2.11 bits per heavy atom. The average Bonchev–Trinajstić information content (AvgIpc) is 2.36. The molecule has 3 N–H and O–H groups in total. The first-order valence-electron chi connectivity index (χ1n) is 7.04. The first-order chi connectivity index (χ1) is 8.72. The predicted molar refractivity (Wildman–Crippen MR) is 72.4 cm³/mol. The van der Waals surface area contributed by atoms with E-state index in [1.54, 1.807) is 0 Å². The minimum absolute atomic E-state index is 0.0876. The fourth-order valence-electron chi connectivity index (χ4n) is 1.98. The number of rotatable bonds is 8. The third kappa shape index (κ3) is 6.93. The van der Waals surface area contributed by atoms with E-state index in [9.17, 15) is 4.79 Å². The van der Waals surface area contributed by atoms with E-state index in [1.165, 1.54) is 0 Å². The highest BCUT2D eigenvalue weighted by Crippen LogP contribution is 2.06. The number of nitrogens with two attached hydrogens (primary N) is 1. The number of carbonyl (C=O) groups excluding carboxylic acids is 1. The molecule has 0 unspecified atom stereocenters. The van der Waals surface area contributed by atoms with Gasteiger partial charge in [-0.05, 0) is 19.3 Å². The first-order valence-corrected chi connectivity index (χ1v) is 7.04. The zero-order valence-electron chi connectivity index (χ0n) is 11.5. The standard InChI is InChI=1S/C13H27N3O2/c1-2-3-9-18-10-6-15-13(17)11-16-7-4-12(14)5-8-16/h12H,2-11,14H2,1H3,(H,15,17). The maximum absolute atomic E-state index is 11.6. The van der Waals surface area contributed by atoms with Crippen molar-refractivity contribution in [2.75, 3.05) is 39.4 Å². The van der Waals surface area contributed by atoms with E-state index >= 15 is 0 Å². The molecule has 1 fully saturated rings. The third-order valence-electron chi connectivity index (χ3n) is 3.21. The molecule has 1 amide bonds. The summed E-state index contributed by atoms with van der Waals surface area (Å²) in [5, 5.41) is 2.88. The van der Waals surface area contributed by atoms with E-state index in [1.807, 2.05) is 0 Å². The van der Waals surface area contributed by atoms with Gasteiger partial charge in [0.05, 0.1) is 13.2 Å². The molecule has 1 heterocycles. The lowest BCUT2D eigenvalue weighted by Gasteiger charge is -2.29. The Hall–Kier alpha value is -0.650. The van der Waals surface area contributed by atoms with Crippen LogP contribution in [-0.4, -0.2) is 56.2 Å². The minimum Gasteiger partial charge on any atom is -0.380 e. The number of ether oxygens (including phenoxy) is 1. The number of hydrogen-bond acceptors (Lipinski definition) is 4. The van der Waals surface area contributed by atoms with Crippen molar-refractivity contribution in [3.8, 4) is 0 Å². The number of hydrogen-bond donors (Lipinski definition) is 2. The van der Waals surface area contributed by atoms with Crippen molar-refractivity contribution >= 4 is 5.91 Å². The summed E-state index contributed by atoms with van der Waals surface area (Å²) in [7, 11) is 0. The van der Waals surface area contributed by atoms with Gasteiger partial charge in [-0.3, -0.25) is 9.69 Å². The summed E-state index contributed by atoms with van der Waals surface area (Å²) in [5.74, 6) is 0.0876. The fraction of sp³-hybridized carbons (Fsp3) is 0.923. The highest BCUT2D eigenvalue weighted by molar-refractivity contribution is 5.77. The molecule has 1 aliphatic rings. The Bertz CT molecular complexity index is 228. The summed E-state index contributed by atoms with van der Waals surface area (Å²) in [6.07, 6.45) is 4.21. The molecule has 0 aromatic carbocycles. The molecule has 0 bridgehead atoms. The monoisotopic (exact) mass is 257 g/mol. The SMILES string of the molecule is CCCCOCCNC(=O)CN1CCC(N)CC1. The van der Waals surface area contributed by atoms with Crippen LogP contribution in [0.4, 0.5) is 0 Å². The van der Waals surface area contributed by atoms with Gasteiger partial charge in [-0.15, -0.1) is 0 Å². The summed E-state index contributed by atoms with van der Waals surface area (Å²) in [6.45, 7) is 6.49. The highest BCUT2D eigenvalue weighted by Gasteiger charge is 2.17. The van der Waals surface area contributed by atoms with E-state index in [0.29, 0.717) is 25.7 Å². The van der Waals surface area contributed by atoms with Gasteiger partial charge in [-0.2, -0.15) is 0 Å². The van der Waals surface area contributed by atoms with Gasteiger partial charge in [0, 0.05) is 32.3 Å². The molecule has 5 nitrogen and oxygen atoms in total. The topological polar surface area (TPSA) is 67.6 Å². The summed E-state index contributed by atoms with van der Waals surface area (Å²) in [6, 6.07) is 0.316. The lowest BCUT2D eigenvalue weighted by Crippen LogP contribution is -2.45. The van der Waals surface area contributed by atoms with Crippen LogP contribution in [0.3, 0.4) is 0 Å². The molecule has 0 radical (unpaired) electrons. The largest absolute Gasteiger partial charge is 0.380 e. The van der Waals surface area contributed by atoms with Gasteiger partial charge >= 0.3 is 0 Å². The Labute approximate surface area is 110 Å². The van der Waals surface area contributed by atoms with Crippen molar-refractivity contribution in [2.45, 2.75) is 38.6 Å². The molecule has 0 saturated carbocycles. The van der Waals surface area contributed by atoms with Crippen LogP contribution in [-0.2, 0) is 9.53 Å². The molecule has 5 heteroatoms. The van der Waals surface area contributed by atoms with Crippen molar-refractivity contribution in [1.29, 1.82) is 0 Å². The number of nitrogens with one attached hydrogen (secondary N) is 1. The number of nitrogens with zero attached hydrogens (tertiary/aromatic N) is 1. The number of likely N-dealkylation sites (tertiary alicyclic amines) is 1. The van der Waals surface area contributed by atoms with Gasteiger partial charge in [-0.1, -0.05) is 13.3 Å². The molecule has 18 heavy (non-hydrogen) atoms. The second kappa shape index (κ2) is 9.30. The minimum atomic E-state index is 0.0876. The van der Waals surface area contributed by atoms with E-state index in [0.717, 1.165) is 45.4 Å². The molecule has 0 atom stereocenters. The Morgan fingerprint density at radius 3 is 2.78 bits per heavy atom.